The monoisotopic (exact) mass is 214 g/mol. The molecule has 0 amide bonds. The summed E-state index contributed by atoms with van der Waals surface area (Å²) in [6, 6.07) is 0.0698. The van der Waals surface area contributed by atoms with Gasteiger partial charge >= 0.3 is 0 Å². The van der Waals surface area contributed by atoms with Crippen molar-refractivity contribution in [1.29, 1.82) is 0 Å². The van der Waals surface area contributed by atoms with E-state index in [9.17, 15) is 0 Å². The summed E-state index contributed by atoms with van der Waals surface area (Å²) in [4.78, 5) is 5.46. The molecule has 3 nitrogen and oxygen atoms in total. The van der Waals surface area contributed by atoms with Crippen molar-refractivity contribution in [1.82, 2.24) is 4.98 Å². The van der Waals surface area contributed by atoms with Crippen molar-refractivity contribution in [3.63, 3.8) is 0 Å². The first kappa shape index (κ1) is 11.6. The first-order valence-corrected chi connectivity index (χ1v) is 5.83. The lowest BCUT2D eigenvalue weighted by Gasteiger charge is -2.11. The summed E-state index contributed by atoms with van der Waals surface area (Å²) in [6.45, 7) is 6.81. The van der Waals surface area contributed by atoms with Crippen molar-refractivity contribution in [2.75, 3.05) is 6.61 Å². The summed E-state index contributed by atoms with van der Waals surface area (Å²) in [6.07, 6.45) is 2.95. The maximum Gasteiger partial charge on any atom is 0.122 e. The van der Waals surface area contributed by atoms with Crippen molar-refractivity contribution in [2.24, 2.45) is 5.73 Å². The van der Waals surface area contributed by atoms with Crippen molar-refractivity contribution >= 4 is 11.3 Å². The van der Waals surface area contributed by atoms with Crippen LogP contribution in [0.15, 0.2) is 6.20 Å². The molecule has 0 aromatic carbocycles. The summed E-state index contributed by atoms with van der Waals surface area (Å²) in [5, 5.41) is 1.04. The van der Waals surface area contributed by atoms with Gasteiger partial charge in [-0.1, -0.05) is 6.92 Å². The summed E-state index contributed by atoms with van der Waals surface area (Å²) < 4.78 is 5.58. The summed E-state index contributed by atoms with van der Waals surface area (Å²) in [5.41, 5.74) is 5.77. The smallest absolute Gasteiger partial charge is 0.122 e. The Morgan fingerprint density at radius 1 is 1.57 bits per heavy atom. The highest BCUT2D eigenvalue weighted by molar-refractivity contribution is 7.11. The number of aromatic nitrogens is 1. The molecule has 4 heteroatoms. The Morgan fingerprint density at radius 3 is 2.71 bits per heavy atom. The van der Waals surface area contributed by atoms with Gasteiger partial charge in [0.25, 0.3) is 0 Å². The zero-order valence-electron chi connectivity index (χ0n) is 8.99. The first-order chi connectivity index (χ1) is 6.69. The van der Waals surface area contributed by atoms with Gasteiger partial charge in [-0.2, -0.15) is 0 Å². The number of thiazole rings is 1. The normalized spacial score (nSPS) is 15.4. The van der Waals surface area contributed by atoms with Crippen LogP contribution in [0.1, 0.15) is 49.2 Å². The number of hydrogen-bond acceptors (Lipinski definition) is 4. The van der Waals surface area contributed by atoms with Crippen LogP contribution in [0, 0.1) is 0 Å². The molecule has 80 valence electrons. The molecule has 0 aliphatic rings. The average Bonchev–Trinajstić information content (AvgIpc) is 2.63. The highest BCUT2D eigenvalue weighted by Gasteiger charge is 2.14. The van der Waals surface area contributed by atoms with Crippen molar-refractivity contribution < 1.29 is 4.74 Å². The van der Waals surface area contributed by atoms with Gasteiger partial charge in [0, 0.05) is 23.7 Å². The molecule has 2 unspecified atom stereocenters. The average molecular weight is 214 g/mol. The Balaban J connectivity index is 2.73. The molecule has 0 radical (unpaired) electrons. The molecule has 1 aromatic heterocycles. The number of rotatable bonds is 5. The maximum atomic E-state index is 5.77. The van der Waals surface area contributed by atoms with Crippen molar-refractivity contribution in [3.8, 4) is 0 Å². The Kier molecular flexibility index (Phi) is 4.51. The minimum absolute atomic E-state index is 0.0698. The number of nitrogens with zero attached hydrogens (tertiary/aromatic N) is 1. The zero-order valence-corrected chi connectivity index (χ0v) is 9.80. The van der Waals surface area contributed by atoms with Gasteiger partial charge in [-0.05, 0) is 20.3 Å². The molecule has 0 bridgehead atoms. The minimum atomic E-state index is 0.0698. The van der Waals surface area contributed by atoms with Crippen LogP contribution in [-0.2, 0) is 4.74 Å². The number of hydrogen-bond donors (Lipinski definition) is 1. The molecule has 0 aliphatic carbocycles. The van der Waals surface area contributed by atoms with Gasteiger partial charge < -0.3 is 10.5 Å². The van der Waals surface area contributed by atoms with Gasteiger partial charge in [0.1, 0.15) is 11.1 Å². The van der Waals surface area contributed by atoms with Crippen LogP contribution in [0.2, 0.25) is 0 Å². The van der Waals surface area contributed by atoms with E-state index < -0.39 is 0 Å². The van der Waals surface area contributed by atoms with Gasteiger partial charge in [0.2, 0.25) is 0 Å². The molecular formula is C10H18N2OS. The van der Waals surface area contributed by atoms with E-state index in [-0.39, 0.29) is 12.1 Å². The third-order valence-corrected chi connectivity index (χ3v) is 3.29. The molecule has 1 rings (SSSR count). The SMILES string of the molecule is CCOC(CC)c1ncc(C(C)N)s1. The molecule has 0 fully saturated rings. The Hall–Kier alpha value is -0.450. The van der Waals surface area contributed by atoms with Crippen molar-refractivity contribution in [3.05, 3.63) is 16.1 Å². The minimum Gasteiger partial charge on any atom is -0.371 e. The van der Waals surface area contributed by atoms with E-state index >= 15 is 0 Å². The van der Waals surface area contributed by atoms with Crippen LogP contribution in [0.25, 0.3) is 0 Å². The standard InChI is InChI=1S/C10H18N2OS/c1-4-8(13-5-2)10-12-6-9(14-10)7(3)11/h6-8H,4-5,11H2,1-3H3. The lowest BCUT2D eigenvalue weighted by atomic mass is 10.3. The van der Waals surface area contributed by atoms with Gasteiger partial charge in [0.15, 0.2) is 0 Å². The van der Waals surface area contributed by atoms with Gasteiger partial charge in [-0.3, -0.25) is 0 Å². The number of ether oxygens (including phenoxy) is 1. The van der Waals surface area contributed by atoms with E-state index in [1.54, 1.807) is 11.3 Å². The molecule has 1 heterocycles. The van der Waals surface area contributed by atoms with Gasteiger partial charge in [-0.25, -0.2) is 4.98 Å². The largest absolute Gasteiger partial charge is 0.371 e. The fourth-order valence-corrected chi connectivity index (χ4v) is 2.23. The quantitative estimate of drug-likeness (QED) is 0.819. The first-order valence-electron chi connectivity index (χ1n) is 5.01. The van der Waals surface area contributed by atoms with Crippen molar-refractivity contribution in [2.45, 2.75) is 39.3 Å². The number of nitrogens with two attached hydrogens (primary N) is 1. The van der Waals surface area contributed by atoms with E-state index in [0.717, 1.165) is 22.9 Å². The summed E-state index contributed by atoms with van der Waals surface area (Å²) in [7, 11) is 0. The van der Waals surface area contributed by atoms with E-state index in [1.165, 1.54) is 0 Å². The van der Waals surface area contributed by atoms with Gasteiger partial charge in [-0.15, -0.1) is 11.3 Å². The molecule has 1 aromatic rings. The third-order valence-electron chi connectivity index (χ3n) is 2.00. The molecular weight excluding hydrogens is 196 g/mol. The molecule has 0 spiro atoms. The lowest BCUT2D eigenvalue weighted by Crippen LogP contribution is -2.02. The molecule has 14 heavy (non-hydrogen) atoms. The Bertz CT molecular complexity index is 273. The third kappa shape index (κ3) is 2.77. The second kappa shape index (κ2) is 5.44. The van der Waals surface area contributed by atoms with Crippen LogP contribution in [-0.4, -0.2) is 11.6 Å². The molecule has 0 aliphatic heterocycles. The highest BCUT2D eigenvalue weighted by Crippen LogP contribution is 2.27. The molecule has 2 atom stereocenters. The molecule has 0 saturated carbocycles. The van der Waals surface area contributed by atoms with Crippen LogP contribution < -0.4 is 5.73 Å². The highest BCUT2D eigenvalue weighted by atomic mass is 32.1. The van der Waals surface area contributed by atoms with Crippen LogP contribution in [0.3, 0.4) is 0 Å². The summed E-state index contributed by atoms with van der Waals surface area (Å²) >= 11 is 1.65. The zero-order chi connectivity index (χ0) is 10.6. The van der Waals surface area contributed by atoms with Gasteiger partial charge in [0.05, 0.1) is 0 Å². The predicted octanol–water partition coefficient (Wildman–Crippen LogP) is 2.65. The van der Waals surface area contributed by atoms with Crippen LogP contribution in [0.4, 0.5) is 0 Å². The maximum absolute atomic E-state index is 5.77. The van der Waals surface area contributed by atoms with E-state index in [0.29, 0.717) is 0 Å². The second-order valence-electron chi connectivity index (χ2n) is 3.24. The second-order valence-corrected chi connectivity index (χ2v) is 4.34. The van der Waals surface area contributed by atoms with E-state index in [4.69, 9.17) is 10.5 Å². The predicted molar refractivity (Wildman–Crippen MR) is 59.4 cm³/mol. The fourth-order valence-electron chi connectivity index (χ4n) is 1.23. The lowest BCUT2D eigenvalue weighted by molar-refractivity contribution is 0.0596. The van der Waals surface area contributed by atoms with E-state index in [1.807, 2.05) is 20.0 Å². The van der Waals surface area contributed by atoms with E-state index in [2.05, 4.69) is 11.9 Å². The topological polar surface area (TPSA) is 48.1 Å². The van der Waals surface area contributed by atoms with Crippen LogP contribution in [0.5, 0.6) is 0 Å². The van der Waals surface area contributed by atoms with Crippen LogP contribution >= 0.6 is 11.3 Å². The molecule has 0 saturated heterocycles. The summed E-state index contributed by atoms with van der Waals surface area (Å²) in [5.74, 6) is 0. The Morgan fingerprint density at radius 2 is 2.29 bits per heavy atom. The fraction of sp³-hybridized carbons (Fsp3) is 0.700. The molecule has 2 N–H and O–H groups in total. The Labute approximate surface area is 89.3 Å².